The smallest absolute Gasteiger partial charge is 0.198 e. The summed E-state index contributed by atoms with van der Waals surface area (Å²) in [7, 11) is 0. The van der Waals surface area contributed by atoms with E-state index in [2.05, 4.69) is 24.3 Å². The maximum atomic E-state index is 12.1. The summed E-state index contributed by atoms with van der Waals surface area (Å²) in [6.07, 6.45) is 2.90. The third kappa shape index (κ3) is 1.46. The lowest BCUT2D eigenvalue weighted by Gasteiger charge is -2.09. The molecule has 2 nitrogen and oxygen atoms in total. The van der Waals surface area contributed by atoms with Crippen LogP contribution in [-0.4, -0.2) is 5.78 Å². The predicted octanol–water partition coefficient (Wildman–Crippen LogP) is 4.23. The molecule has 0 saturated carbocycles. The minimum absolute atomic E-state index is 0.0975. The first kappa shape index (κ1) is 10.6. The van der Waals surface area contributed by atoms with E-state index in [1.807, 2.05) is 18.2 Å². The summed E-state index contributed by atoms with van der Waals surface area (Å²) in [6.45, 7) is 0. The zero-order valence-corrected chi connectivity index (χ0v) is 10.3. The third-order valence-electron chi connectivity index (χ3n) is 3.85. The van der Waals surface area contributed by atoms with Gasteiger partial charge in [-0.05, 0) is 34.4 Å². The molecule has 92 valence electrons. The molecule has 0 bridgehead atoms. The molecule has 0 N–H and O–H groups in total. The van der Waals surface area contributed by atoms with Crippen LogP contribution in [0.5, 0.6) is 0 Å². The lowest BCUT2D eigenvalue weighted by Crippen LogP contribution is -1.97. The maximum Gasteiger partial charge on any atom is 0.198 e. The fourth-order valence-electron chi connectivity index (χ4n) is 2.95. The van der Waals surface area contributed by atoms with Gasteiger partial charge >= 0.3 is 0 Å². The molecule has 0 amide bonds. The topological polar surface area (TPSA) is 30.2 Å². The van der Waals surface area contributed by atoms with E-state index in [4.69, 9.17) is 4.42 Å². The highest BCUT2D eigenvalue weighted by Crippen LogP contribution is 2.36. The lowest BCUT2D eigenvalue weighted by molar-refractivity contribution is 0.0958. The molecule has 0 saturated heterocycles. The number of hydrogen-bond acceptors (Lipinski definition) is 2. The van der Waals surface area contributed by atoms with Gasteiger partial charge in [0.1, 0.15) is 0 Å². The molecule has 3 aromatic rings. The van der Waals surface area contributed by atoms with Gasteiger partial charge in [0, 0.05) is 12.0 Å². The number of carbonyl (C=O) groups is 1. The van der Waals surface area contributed by atoms with Crippen molar-refractivity contribution in [2.75, 3.05) is 0 Å². The fraction of sp³-hybridized carbons (Fsp3) is 0.118. The molecule has 2 heteroatoms. The van der Waals surface area contributed by atoms with E-state index >= 15 is 0 Å². The SMILES string of the molecule is O=C1CCc2c(ccc3ccccc23)-c2ccoc21. The number of benzene rings is 2. The molecule has 1 aliphatic rings. The van der Waals surface area contributed by atoms with Crippen LogP contribution in [0.3, 0.4) is 0 Å². The van der Waals surface area contributed by atoms with E-state index in [9.17, 15) is 4.79 Å². The van der Waals surface area contributed by atoms with E-state index in [0.29, 0.717) is 12.2 Å². The fourth-order valence-corrected chi connectivity index (χ4v) is 2.95. The van der Waals surface area contributed by atoms with Crippen LogP contribution < -0.4 is 0 Å². The standard InChI is InChI=1S/C17H12O2/c18-16-8-7-13-12-4-2-1-3-11(12)5-6-14(13)15-9-10-19-17(15)16/h1-6,9-10H,7-8H2. The van der Waals surface area contributed by atoms with Crippen LogP contribution in [0.2, 0.25) is 0 Å². The molecular weight excluding hydrogens is 236 g/mol. The van der Waals surface area contributed by atoms with Gasteiger partial charge < -0.3 is 4.42 Å². The van der Waals surface area contributed by atoms with Crippen molar-refractivity contribution in [1.29, 1.82) is 0 Å². The van der Waals surface area contributed by atoms with Gasteiger partial charge in [-0.1, -0.05) is 36.4 Å². The van der Waals surface area contributed by atoms with Gasteiger partial charge in [-0.3, -0.25) is 4.79 Å². The first-order valence-corrected chi connectivity index (χ1v) is 6.46. The molecule has 0 fully saturated rings. The molecule has 4 rings (SSSR count). The Morgan fingerprint density at radius 2 is 1.79 bits per heavy atom. The van der Waals surface area contributed by atoms with Crippen molar-refractivity contribution in [2.24, 2.45) is 0 Å². The molecule has 19 heavy (non-hydrogen) atoms. The summed E-state index contributed by atoms with van der Waals surface area (Å²) in [6, 6.07) is 14.4. The Kier molecular flexibility index (Phi) is 2.12. The Morgan fingerprint density at radius 3 is 2.74 bits per heavy atom. The molecule has 1 aliphatic carbocycles. The van der Waals surface area contributed by atoms with E-state index in [0.717, 1.165) is 17.5 Å². The minimum Gasteiger partial charge on any atom is -0.461 e. The van der Waals surface area contributed by atoms with Crippen LogP contribution in [0.1, 0.15) is 22.5 Å². The Bertz CT molecular complexity index is 796. The van der Waals surface area contributed by atoms with Crippen molar-refractivity contribution >= 4 is 16.6 Å². The van der Waals surface area contributed by atoms with Gasteiger partial charge in [-0.25, -0.2) is 0 Å². The average molecular weight is 248 g/mol. The summed E-state index contributed by atoms with van der Waals surface area (Å²) in [5.74, 6) is 0.606. The van der Waals surface area contributed by atoms with Crippen LogP contribution in [-0.2, 0) is 6.42 Å². The summed E-state index contributed by atoms with van der Waals surface area (Å²) in [4.78, 5) is 12.1. The molecule has 1 aromatic heterocycles. The lowest BCUT2D eigenvalue weighted by atomic mass is 9.94. The number of furan rings is 1. The highest BCUT2D eigenvalue weighted by atomic mass is 16.3. The second-order valence-corrected chi connectivity index (χ2v) is 4.90. The maximum absolute atomic E-state index is 12.1. The molecule has 0 unspecified atom stereocenters. The molecule has 0 radical (unpaired) electrons. The van der Waals surface area contributed by atoms with Crippen LogP contribution in [0.25, 0.3) is 21.9 Å². The first-order chi connectivity index (χ1) is 9.34. The van der Waals surface area contributed by atoms with Crippen LogP contribution in [0.4, 0.5) is 0 Å². The van der Waals surface area contributed by atoms with Crippen molar-refractivity contribution in [3.05, 3.63) is 60.1 Å². The summed E-state index contributed by atoms with van der Waals surface area (Å²) in [5, 5.41) is 2.46. The van der Waals surface area contributed by atoms with E-state index in [1.165, 1.54) is 16.3 Å². The number of aryl methyl sites for hydroxylation is 1. The largest absolute Gasteiger partial charge is 0.461 e. The third-order valence-corrected chi connectivity index (χ3v) is 3.85. The number of Topliss-reactive ketones (excluding diaryl/α,β-unsaturated/α-hetero) is 1. The molecule has 1 heterocycles. The number of rotatable bonds is 0. The van der Waals surface area contributed by atoms with Crippen molar-refractivity contribution in [3.63, 3.8) is 0 Å². The average Bonchev–Trinajstić information content (AvgIpc) is 2.89. The van der Waals surface area contributed by atoms with E-state index in [1.54, 1.807) is 6.26 Å². The van der Waals surface area contributed by atoms with Gasteiger partial charge in [-0.15, -0.1) is 0 Å². The molecular formula is C17H12O2. The second kappa shape index (κ2) is 3.82. The Balaban J connectivity index is 2.10. The van der Waals surface area contributed by atoms with Crippen LogP contribution >= 0.6 is 0 Å². The molecule has 2 aromatic carbocycles. The van der Waals surface area contributed by atoms with E-state index < -0.39 is 0 Å². The van der Waals surface area contributed by atoms with E-state index in [-0.39, 0.29) is 5.78 Å². The number of hydrogen-bond donors (Lipinski definition) is 0. The number of carbonyl (C=O) groups excluding carboxylic acids is 1. The zero-order valence-electron chi connectivity index (χ0n) is 10.3. The van der Waals surface area contributed by atoms with Gasteiger partial charge in [0.05, 0.1) is 6.26 Å². The minimum atomic E-state index is 0.0975. The van der Waals surface area contributed by atoms with Gasteiger partial charge in [0.25, 0.3) is 0 Å². The van der Waals surface area contributed by atoms with Crippen molar-refractivity contribution in [1.82, 2.24) is 0 Å². The highest BCUT2D eigenvalue weighted by molar-refractivity contribution is 6.04. The van der Waals surface area contributed by atoms with Crippen molar-refractivity contribution in [3.8, 4) is 11.1 Å². The number of ketones is 1. The Morgan fingerprint density at radius 1 is 0.895 bits per heavy atom. The Hall–Kier alpha value is -2.35. The van der Waals surface area contributed by atoms with Gasteiger partial charge in [-0.2, -0.15) is 0 Å². The summed E-state index contributed by atoms with van der Waals surface area (Å²) >= 11 is 0. The molecule has 0 spiro atoms. The first-order valence-electron chi connectivity index (χ1n) is 6.46. The molecule has 0 aliphatic heterocycles. The van der Waals surface area contributed by atoms with Gasteiger partial charge in [0.2, 0.25) is 0 Å². The molecule has 0 atom stereocenters. The Labute approximate surface area is 110 Å². The monoisotopic (exact) mass is 248 g/mol. The van der Waals surface area contributed by atoms with Gasteiger partial charge in [0.15, 0.2) is 11.5 Å². The quantitative estimate of drug-likeness (QED) is 0.596. The predicted molar refractivity (Wildman–Crippen MR) is 74.3 cm³/mol. The number of fused-ring (bicyclic) bond motifs is 5. The van der Waals surface area contributed by atoms with Crippen LogP contribution in [0.15, 0.2) is 53.1 Å². The van der Waals surface area contributed by atoms with Crippen molar-refractivity contribution in [2.45, 2.75) is 12.8 Å². The summed E-state index contributed by atoms with van der Waals surface area (Å²) < 4.78 is 5.37. The normalized spacial score (nSPS) is 14.0. The second-order valence-electron chi connectivity index (χ2n) is 4.90. The van der Waals surface area contributed by atoms with Crippen molar-refractivity contribution < 1.29 is 9.21 Å². The van der Waals surface area contributed by atoms with Crippen LogP contribution in [0, 0.1) is 0 Å². The highest BCUT2D eigenvalue weighted by Gasteiger charge is 2.23. The zero-order chi connectivity index (χ0) is 12.8. The summed E-state index contributed by atoms with van der Waals surface area (Å²) in [5.41, 5.74) is 3.32.